The summed E-state index contributed by atoms with van der Waals surface area (Å²) in [5, 5.41) is 5.68. The van der Waals surface area contributed by atoms with Crippen molar-refractivity contribution in [1.82, 2.24) is 15.2 Å². The van der Waals surface area contributed by atoms with Crippen molar-refractivity contribution < 1.29 is 28.7 Å². The van der Waals surface area contributed by atoms with Crippen LogP contribution in [0.4, 0.5) is 4.79 Å². The first-order chi connectivity index (χ1) is 16.7. The minimum absolute atomic E-state index is 0.199. The first-order valence-corrected chi connectivity index (χ1v) is 11.3. The fourth-order valence-electron chi connectivity index (χ4n) is 3.65. The van der Waals surface area contributed by atoms with E-state index in [0.29, 0.717) is 45.0 Å². The van der Waals surface area contributed by atoms with Gasteiger partial charge in [-0.1, -0.05) is 11.6 Å². The first-order valence-electron chi connectivity index (χ1n) is 10.9. The summed E-state index contributed by atoms with van der Waals surface area (Å²) in [5.74, 6) is -1.17. The number of carbonyl (C=O) groups excluding carboxylic acids is 4. The summed E-state index contributed by atoms with van der Waals surface area (Å²) in [7, 11) is 1.52. The Kier molecular flexibility index (Phi) is 8.14. The number of hydrogen-bond donors (Lipinski definition) is 2. The van der Waals surface area contributed by atoms with Crippen LogP contribution >= 0.6 is 11.6 Å². The molecule has 1 unspecified atom stereocenters. The molecule has 0 fully saturated rings. The molecule has 35 heavy (non-hydrogen) atoms. The lowest BCUT2D eigenvalue weighted by Crippen LogP contribution is -2.44. The van der Waals surface area contributed by atoms with E-state index in [9.17, 15) is 19.2 Å². The van der Waals surface area contributed by atoms with E-state index >= 15 is 0 Å². The second-order valence-corrected chi connectivity index (χ2v) is 8.19. The van der Waals surface area contributed by atoms with Crippen molar-refractivity contribution in [3.8, 4) is 5.75 Å². The Labute approximate surface area is 207 Å². The van der Waals surface area contributed by atoms with Crippen molar-refractivity contribution >= 4 is 46.3 Å². The molecule has 0 spiro atoms. The number of nitrogens with zero attached hydrogens (tertiary/aromatic N) is 1. The van der Waals surface area contributed by atoms with E-state index in [0.717, 1.165) is 0 Å². The van der Waals surface area contributed by atoms with Gasteiger partial charge in [-0.15, -0.1) is 0 Å². The van der Waals surface area contributed by atoms with E-state index in [1.165, 1.54) is 18.6 Å². The van der Waals surface area contributed by atoms with Crippen LogP contribution in [0, 0.1) is 6.92 Å². The van der Waals surface area contributed by atoms with Crippen molar-refractivity contribution in [1.29, 1.82) is 0 Å². The van der Waals surface area contributed by atoms with E-state index in [2.05, 4.69) is 10.6 Å². The number of rotatable bonds is 7. The van der Waals surface area contributed by atoms with Gasteiger partial charge in [-0.05, 0) is 68.8 Å². The minimum atomic E-state index is -1.19. The molecule has 0 aliphatic carbocycles. The summed E-state index contributed by atoms with van der Waals surface area (Å²) >= 11 is 5.96. The van der Waals surface area contributed by atoms with E-state index in [4.69, 9.17) is 21.1 Å². The molecule has 0 saturated heterocycles. The molecule has 184 valence electrons. The Balaban J connectivity index is 1.91. The quantitative estimate of drug-likeness (QED) is 0.480. The number of ether oxygens (including phenoxy) is 2. The Morgan fingerprint density at radius 2 is 1.77 bits per heavy atom. The average molecular weight is 500 g/mol. The smallest absolute Gasteiger partial charge is 0.321 e. The van der Waals surface area contributed by atoms with Crippen LogP contribution in [0.1, 0.15) is 35.5 Å². The lowest BCUT2D eigenvalue weighted by molar-refractivity contribution is -0.153. The van der Waals surface area contributed by atoms with Crippen LogP contribution in [0.5, 0.6) is 5.75 Å². The topological polar surface area (TPSA) is 116 Å². The number of methoxy groups -OCH3 is 1. The summed E-state index contributed by atoms with van der Waals surface area (Å²) in [6.07, 6.45) is -1.39. The first kappa shape index (κ1) is 25.8. The Hall–Kier alpha value is -3.85. The van der Waals surface area contributed by atoms with E-state index < -0.39 is 24.0 Å². The molecular formula is C25H26ClN3O6. The summed E-state index contributed by atoms with van der Waals surface area (Å²) in [5.41, 5.74) is 2.12. The van der Waals surface area contributed by atoms with Gasteiger partial charge in [0.1, 0.15) is 5.75 Å². The van der Waals surface area contributed by atoms with Gasteiger partial charge in [0.15, 0.2) is 6.10 Å². The van der Waals surface area contributed by atoms with Gasteiger partial charge in [0.25, 0.3) is 11.8 Å². The molecule has 3 amide bonds. The minimum Gasteiger partial charge on any atom is -0.497 e. The highest BCUT2D eigenvalue weighted by Gasteiger charge is 2.25. The molecule has 1 atom stereocenters. The number of halogens is 1. The summed E-state index contributed by atoms with van der Waals surface area (Å²) in [6.45, 7) is 5.15. The molecule has 2 aromatic carbocycles. The predicted molar refractivity (Wildman–Crippen MR) is 131 cm³/mol. The van der Waals surface area contributed by atoms with Gasteiger partial charge in [0.2, 0.25) is 0 Å². The molecule has 1 aromatic heterocycles. The molecule has 2 N–H and O–H groups in total. The predicted octanol–water partition coefficient (Wildman–Crippen LogP) is 3.62. The van der Waals surface area contributed by atoms with Crippen LogP contribution in [0.3, 0.4) is 0 Å². The number of fused-ring (bicyclic) bond motifs is 1. The normalized spacial score (nSPS) is 11.6. The zero-order valence-electron chi connectivity index (χ0n) is 19.8. The molecule has 0 saturated carbocycles. The summed E-state index contributed by atoms with van der Waals surface area (Å²) < 4.78 is 12.1. The Morgan fingerprint density at radius 1 is 1.09 bits per heavy atom. The van der Waals surface area contributed by atoms with Crippen molar-refractivity contribution in [3.63, 3.8) is 0 Å². The zero-order chi connectivity index (χ0) is 25.7. The number of esters is 1. The number of hydrogen-bond acceptors (Lipinski definition) is 6. The SMILES string of the molecule is CCNC(=O)NC(=O)C(C)OC(=O)Cc1c(C)n(C(=O)c2ccc(Cl)cc2)c2ccc(OC)cc12. The van der Waals surface area contributed by atoms with E-state index in [1.807, 2.05) is 0 Å². The summed E-state index contributed by atoms with van der Waals surface area (Å²) in [4.78, 5) is 49.8. The maximum atomic E-state index is 13.4. The van der Waals surface area contributed by atoms with Gasteiger partial charge in [-0.2, -0.15) is 0 Å². The maximum Gasteiger partial charge on any atom is 0.321 e. The number of imide groups is 1. The highest BCUT2D eigenvalue weighted by molar-refractivity contribution is 6.30. The molecule has 1 heterocycles. The fraction of sp³-hybridized carbons (Fsp3) is 0.280. The molecule has 0 aliphatic rings. The number of amides is 3. The van der Waals surface area contributed by atoms with E-state index in [-0.39, 0.29) is 12.3 Å². The Morgan fingerprint density at radius 3 is 2.40 bits per heavy atom. The van der Waals surface area contributed by atoms with Crippen molar-refractivity contribution in [2.75, 3.05) is 13.7 Å². The monoisotopic (exact) mass is 499 g/mol. The summed E-state index contributed by atoms with van der Waals surface area (Å²) in [6, 6.07) is 11.0. The van der Waals surface area contributed by atoms with Crippen molar-refractivity contribution in [2.45, 2.75) is 33.3 Å². The third kappa shape index (κ3) is 5.81. The second kappa shape index (κ2) is 11.1. The molecule has 3 aromatic rings. The molecule has 0 radical (unpaired) electrons. The third-order valence-corrected chi connectivity index (χ3v) is 5.66. The van der Waals surface area contributed by atoms with Crippen LogP contribution in [-0.4, -0.2) is 48.1 Å². The molecule has 0 aliphatic heterocycles. The van der Waals surface area contributed by atoms with Gasteiger partial charge in [-0.25, -0.2) is 4.79 Å². The number of aromatic nitrogens is 1. The molecule has 3 rings (SSSR count). The number of carbonyl (C=O) groups is 4. The number of urea groups is 1. The molecule has 9 nitrogen and oxygen atoms in total. The van der Waals surface area contributed by atoms with E-state index in [1.54, 1.807) is 56.3 Å². The van der Waals surface area contributed by atoms with Gasteiger partial charge >= 0.3 is 12.0 Å². The standard InChI is InChI=1S/C25H26ClN3O6/c1-5-27-25(33)28-23(31)15(3)35-22(30)13-19-14(2)29(21-11-10-18(34-4)12-20(19)21)24(32)16-6-8-17(26)9-7-16/h6-12,15H,5,13H2,1-4H3,(H2,27,28,31,33). The van der Waals surface area contributed by atoms with Gasteiger partial charge in [0.05, 0.1) is 19.0 Å². The molecule has 10 heteroatoms. The van der Waals surface area contributed by atoms with Crippen molar-refractivity contribution in [3.05, 3.63) is 64.3 Å². The second-order valence-electron chi connectivity index (χ2n) is 7.75. The van der Waals surface area contributed by atoms with Gasteiger partial charge < -0.3 is 14.8 Å². The lowest BCUT2D eigenvalue weighted by Gasteiger charge is -2.13. The zero-order valence-corrected chi connectivity index (χ0v) is 20.6. The molecular weight excluding hydrogens is 474 g/mol. The third-order valence-electron chi connectivity index (χ3n) is 5.41. The van der Waals surface area contributed by atoms with Crippen LogP contribution in [0.25, 0.3) is 10.9 Å². The van der Waals surface area contributed by atoms with Gasteiger partial charge in [-0.3, -0.25) is 24.3 Å². The highest BCUT2D eigenvalue weighted by atomic mass is 35.5. The fourth-order valence-corrected chi connectivity index (χ4v) is 3.78. The lowest BCUT2D eigenvalue weighted by atomic mass is 10.1. The number of benzene rings is 2. The molecule has 0 bridgehead atoms. The Bertz CT molecular complexity index is 1280. The highest BCUT2D eigenvalue weighted by Crippen LogP contribution is 2.31. The van der Waals surface area contributed by atoms with Crippen LogP contribution in [0.15, 0.2) is 42.5 Å². The van der Waals surface area contributed by atoms with Crippen LogP contribution in [0.2, 0.25) is 5.02 Å². The van der Waals surface area contributed by atoms with Crippen LogP contribution in [-0.2, 0) is 20.7 Å². The van der Waals surface area contributed by atoms with Gasteiger partial charge in [0, 0.05) is 28.2 Å². The largest absolute Gasteiger partial charge is 0.497 e. The maximum absolute atomic E-state index is 13.4. The number of nitrogens with one attached hydrogen (secondary N) is 2. The van der Waals surface area contributed by atoms with Crippen LogP contribution < -0.4 is 15.4 Å². The average Bonchev–Trinajstić information content (AvgIpc) is 3.09. The van der Waals surface area contributed by atoms with Crippen molar-refractivity contribution in [2.24, 2.45) is 0 Å².